The van der Waals surface area contributed by atoms with E-state index in [1.54, 1.807) is 0 Å². The van der Waals surface area contributed by atoms with E-state index in [1.165, 1.54) is 0 Å². The van der Waals surface area contributed by atoms with Gasteiger partial charge in [0, 0.05) is 30.2 Å². The molecule has 0 heterocycles. The third-order valence-electron chi connectivity index (χ3n) is 3.37. The maximum absolute atomic E-state index is 11.8. The SMILES string of the molecule is CC(C)(N)CNC(=O)C1CCC(O[N+](=O)[O-])CC1.O=C(O)C=CC(=O)O. The molecule has 5 N–H and O–H groups in total. The van der Waals surface area contributed by atoms with Crippen LogP contribution >= 0.6 is 0 Å². The van der Waals surface area contributed by atoms with Crippen molar-refractivity contribution in [1.29, 1.82) is 0 Å². The second-order valence-corrected chi connectivity index (χ2v) is 6.52. The monoisotopic (exact) mass is 375 g/mol. The lowest BCUT2D eigenvalue weighted by Gasteiger charge is -2.27. The highest BCUT2D eigenvalue weighted by atomic mass is 17.0. The van der Waals surface area contributed by atoms with Crippen LogP contribution < -0.4 is 11.1 Å². The highest BCUT2D eigenvalue weighted by Gasteiger charge is 2.28. The van der Waals surface area contributed by atoms with Crippen molar-refractivity contribution in [2.45, 2.75) is 51.2 Å². The molecule has 0 aliphatic heterocycles. The molecule has 0 bridgehead atoms. The van der Waals surface area contributed by atoms with E-state index in [9.17, 15) is 24.5 Å². The first-order chi connectivity index (χ1) is 11.9. The highest BCUT2D eigenvalue weighted by molar-refractivity contribution is 5.89. The minimum absolute atomic E-state index is 0.0203. The topological polar surface area (TPSA) is 182 Å². The van der Waals surface area contributed by atoms with Crippen LogP contribution in [0.3, 0.4) is 0 Å². The normalized spacial score (nSPS) is 19.8. The molecule has 0 aromatic rings. The fourth-order valence-corrected chi connectivity index (χ4v) is 2.15. The van der Waals surface area contributed by atoms with Gasteiger partial charge < -0.3 is 26.1 Å². The summed E-state index contributed by atoms with van der Waals surface area (Å²) in [6.45, 7) is 4.11. The lowest BCUT2D eigenvalue weighted by molar-refractivity contribution is -0.769. The zero-order valence-corrected chi connectivity index (χ0v) is 14.7. The fourth-order valence-electron chi connectivity index (χ4n) is 2.15. The number of nitrogens with zero attached hydrogens (tertiary/aromatic N) is 1. The van der Waals surface area contributed by atoms with E-state index in [-0.39, 0.29) is 17.9 Å². The van der Waals surface area contributed by atoms with Gasteiger partial charge in [-0.15, -0.1) is 10.1 Å². The average molecular weight is 375 g/mol. The molecule has 1 rings (SSSR count). The van der Waals surface area contributed by atoms with Gasteiger partial charge in [0.25, 0.3) is 5.09 Å². The molecule has 26 heavy (non-hydrogen) atoms. The molecule has 1 fully saturated rings. The average Bonchev–Trinajstić information content (AvgIpc) is 2.50. The molecule has 148 valence electrons. The van der Waals surface area contributed by atoms with Crippen molar-refractivity contribution in [2.24, 2.45) is 11.7 Å². The van der Waals surface area contributed by atoms with Crippen LogP contribution in [0.2, 0.25) is 0 Å². The van der Waals surface area contributed by atoms with E-state index >= 15 is 0 Å². The molecule has 1 saturated carbocycles. The first-order valence-corrected chi connectivity index (χ1v) is 7.92. The van der Waals surface area contributed by atoms with Gasteiger partial charge in [0.1, 0.15) is 6.10 Å². The molecule has 1 aliphatic carbocycles. The summed E-state index contributed by atoms with van der Waals surface area (Å²) in [5.74, 6) is -2.62. The number of hydrogen-bond donors (Lipinski definition) is 4. The van der Waals surface area contributed by atoms with Crippen molar-refractivity contribution in [1.82, 2.24) is 5.32 Å². The number of carbonyl (C=O) groups is 3. The van der Waals surface area contributed by atoms with Crippen LogP contribution in [0.1, 0.15) is 39.5 Å². The van der Waals surface area contributed by atoms with Crippen molar-refractivity contribution in [2.75, 3.05) is 6.54 Å². The van der Waals surface area contributed by atoms with Crippen molar-refractivity contribution in [3.63, 3.8) is 0 Å². The summed E-state index contributed by atoms with van der Waals surface area (Å²) in [5, 5.41) is 27.9. The molecule has 11 heteroatoms. The number of hydrogen-bond acceptors (Lipinski definition) is 7. The molecule has 0 radical (unpaired) electrons. The van der Waals surface area contributed by atoms with Crippen molar-refractivity contribution < 1.29 is 34.5 Å². The van der Waals surface area contributed by atoms with Crippen LogP contribution in [0.5, 0.6) is 0 Å². The van der Waals surface area contributed by atoms with Crippen molar-refractivity contribution in [3.8, 4) is 0 Å². The molecule has 1 aliphatic rings. The summed E-state index contributed by atoms with van der Waals surface area (Å²) in [6, 6.07) is 0. The summed E-state index contributed by atoms with van der Waals surface area (Å²) in [6.07, 6.45) is 3.08. The maximum atomic E-state index is 11.8. The Labute approximate surface area is 150 Å². The highest BCUT2D eigenvalue weighted by Crippen LogP contribution is 2.26. The third-order valence-corrected chi connectivity index (χ3v) is 3.37. The van der Waals surface area contributed by atoms with Gasteiger partial charge in [0.05, 0.1) is 0 Å². The molecule has 0 unspecified atom stereocenters. The van der Waals surface area contributed by atoms with Gasteiger partial charge in [-0.05, 0) is 39.5 Å². The number of carboxylic acids is 2. The Balaban J connectivity index is 0.000000660. The molecular weight excluding hydrogens is 350 g/mol. The molecular formula is C15H25N3O8. The number of rotatable bonds is 7. The van der Waals surface area contributed by atoms with Crippen molar-refractivity contribution in [3.05, 3.63) is 22.3 Å². The van der Waals surface area contributed by atoms with E-state index in [0.29, 0.717) is 44.4 Å². The van der Waals surface area contributed by atoms with Crippen LogP contribution in [-0.2, 0) is 19.2 Å². The van der Waals surface area contributed by atoms with Gasteiger partial charge in [0.15, 0.2) is 0 Å². The summed E-state index contributed by atoms with van der Waals surface area (Å²) in [7, 11) is 0. The van der Waals surface area contributed by atoms with Crippen LogP contribution in [0.4, 0.5) is 0 Å². The predicted molar refractivity (Wildman–Crippen MR) is 89.5 cm³/mol. The fraction of sp³-hybridized carbons (Fsp3) is 0.667. The summed E-state index contributed by atoms with van der Waals surface area (Å²) < 4.78 is 0. The Bertz CT molecular complexity index is 517. The van der Waals surface area contributed by atoms with Gasteiger partial charge >= 0.3 is 11.9 Å². The zero-order chi connectivity index (χ0) is 20.3. The number of carbonyl (C=O) groups excluding carboxylic acids is 1. The number of nitrogens with one attached hydrogen (secondary N) is 1. The van der Waals surface area contributed by atoms with Crippen LogP contribution in [-0.4, -0.2) is 51.3 Å². The van der Waals surface area contributed by atoms with Crippen LogP contribution in [0.25, 0.3) is 0 Å². The quantitative estimate of drug-likeness (QED) is 0.276. The summed E-state index contributed by atoms with van der Waals surface area (Å²) >= 11 is 0. The number of carboxylic acid groups (broad SMARTS) is 2. The molecule has 1 amide bonds. The minimum atomic E-state index is -1.26. The Morgan fingerprint density at radius 3 is 2.00 bits per heavy atom. The Kier molecular flexibility index (Phi) is 9.89. The van der Waals surface area contributed by atoms with E-state index < -0.39 is 22.6 Å². The lowest BCUT2D eigenvalue weighted by Crippen LogP contribution is -2.47. The Hall–Kier alpha value is -2.69. The molecule has 0 spiro atoms. The third kappa shape index (κ3) is 12.7. The standard InChI is InChI=1S/C11H21N3O4.C4H4O4/c1-11(2,12)7-13-10(15)8-3-5-9(6-4-8)18-14(16)17;5-3(6)1-2-4(7)8/h8-9H,3-7,12H2,1-2H3,(H,13,15);1-2H,(H,5,6)(H,7,8). The van der Waals surface area contributed by atoms with Gasteiger partial charge in [-0.2, -0.15) is 0 Å². The zero-order valence-electron chi connectivity index (χ0n) is 14.7. The van der Waals surface area contributed by atoms with Crippen molar-refractivity contribution >= 4 is 17.8 Å². The predicted octanol–water partition coefficient (Wildman–Crippen LogP) is 0.319. The van der Waals surface area contributed by atoms with Gasteiger partial charge in [-0.3, -0.25) is 4.79 Å². The summed E-state index contributed by atoms with van der Waals surface area (Å²) in [4.78, 5) is 45.6. The summed E-state index contributed by atoms with van der Waals surface area (Å²) in [5.41, 5.74) is 5.35. The second kappa shape index (κ2) is 11.0. The second-order valence-electron chi connectivity index (χ2n) is 6.52. The number of amides is 1. The first kappa shape index (κ1) is 23.3. The minimum Gasteiger partial charge on any atom is -0.478 e. The smallest absolute Gasteiger partial charge is 0.328 e. The maximum Gasteiger partial charge on any atom is 0.328 e. The number of aliphatic carboxylic acids is 2. The van der Waals surface area contributed by atoms with Gasteiger partial charge in [0.2, 0.25) is 5.91 Å². The molecule has 0 atom stereocenters. The Morgan fingerprint density at radius 1 is 1.19 bits per heavy atom. The van der Waals surface area contributed by atoms with Crippen LogP contribution in [0, 0.1) is 16.0 Å². The Morgan fingerprint density at radius 2 is 1.65 bits per heavy atom. The van der Waals surface area contributed by atoms with E-state index in [4.69, 9.17) is 15.9 Å². The van der Waals surface area contributed by atoms with Gasteiger partial charge in [-0.1, -0.05) is 0 Å². The van der Waals surface area contributed by atoms with E-state index in [2.05, 4.69) is 10.2 Å². The van der Waals surface area contributed by atoms with E-state index in [1.807, 2.05) is 13.8 Å². The molecule has 11 nitrogen and oxygen atoms in total. The van der Waals surface area contributed by atoms with Crippen LogP contribution in [0.15, 0.2) is 12.2 Å². The first-order valence-electron chi connectivity index (χ1n) is 7.92. The lowest BCUT2D eigenvalue weighted by atomic mass is 9.86. The molecule has 0 saturated heterocycles. The number of nitrogens with two attached hydrogens (primary N) is 1. The molecule has 0 aromatic carbocycles. The molecule has 0 aromatic heterocycles. The van der Waals surface area contributed by atoms with E-state index in [0.717, 1.165) is 0 Å². The van der Waals surface area contributed by atoms with Gasteiger partial charge in [-0.25, -0.2) is 9.59 Å². The largest absolute Gasteiger partial charge is 0.478 e.